The van der Waals surface area contributed by atoms with Crippen molar-refractivity contribution in [1.82, 2.24) is 9.78 Å². The number of para-hydroxylation sites is 1. The second-order valence-electron chi connectivity index (χ2n) is 3.52. The van der Waals surface area contributed by atoms with E-state index in [-0.39, 0.29) is 12.4 Å². The Hall–Kier alpha value is -1.88. The molecule has 0 aliphatic heterocycles. The maximum Gasteiger partial charge on any atom is 0.168 e. The predicted molar refractivity (Wildman–Crippen MR) is 60.3 cm³/mol. The normalized spacial score (nSPS) is 10.5. The third-order valence-electron chi connectivity index (χ3n) is 2.37. The number of aromatic nitrogens is 2. The van der Waals surface area contributed by atoms with Gasteiger partial charge >= 0.3 is 0 Å². The molecule has 17 heavy (non-hydrogen) atoms. The van der Waals surface area contributed by atoms with E-state index in [1.807, 2.05) is 6.92 Å². The fraction of sp³-hybridized carbons (Fsp3) is 0.250. The van der Waals surface area contributed by atoms with Crippen molar-refractivity contribution < 1.29 is 14.2 Å². The smallest absolute Gasteiger partial charge is 0.168 e. The Labute approximate surface area is 98.3 Å². The van der Waals surface area contributed by atoms with Crippen molar-refractivity contribution >= 4 is 0 Å². The van der Waals surface area contributed by atoms with E-state index in [0.717, 1.165) is 0 Å². The van der Waals surface area contributed by atoms with E-state index in [1.54, 1.807) is 16.9 Å². The number of nitrogens with zero attached hydrogens (tertiary/aromatic N) is 2. The monoisotopic (exact) mass is 236 g/mol. The van der Waals surface area contributed by atoms with Crippen LogP contribution in [0.25, 0.3) is 0 Å². The molecule has 4 nitrogen and oxygen atoms in total. The van der Waals surface area contributed by atoms with Gasteiger partial charge in [0.15, 0.2) is 17.3 Å². The highest BCUT2D eigenvalue weighted by Gasteiger charge is 2.11. The van der Waals surface area contributed by atoms with Crippen LogP contribution in [0, 0.1) is 5.82 Å². The molecule has 1 aromatic carbocycles. The molecule has 2 rings (SSSR count). The van der Waals surface area contributed by atoms with Gasteiger partial charge in [-0.2, -0.15) is 5.10 Å². The molecule has 2 aromatic rings. The van der Waals surface area contributed by atoms with E-state index in [0.29, 0.717) is 17.9 Å². The topological polar surface area (TPSA) is 47.3 Å². The zero-order valence-corrected chi connectivity index (χ0v) is 9.43. The molecular formula is C12H13FN2O2. The summed E-state index contributed by atoms with van der Waals surface area (Å²) in [5, 5.41) is 13.1. The zero-order chi connectivity index (χ0) is 12.3. The molecule has 0 aliphatic carbocycles. The minimum absolute atomic E-state index is 0.0469. The SMILES string of the molecule is CCn1cc(Oc2c(F)cccc2CO)cn1. The zero-order valence-electron chi connectivity index (χ0n) is 9.43. The predicted octanol–water partition coefficient (Wildman–Crippen LogP) is 2.33. The quantitative estimate of drug-likeness (QED) is 0.886. The molecule has 0 atom stereocenters. The third-order valence-corrected chi connectivity index (χ3v) is 2.37. The first kappa shape index (κ1) is 11.6. The number of aryl methyl sites for hydroxylation is 1. The summed E-state index contributed by atoms with van der Waals surface area (Å²) in [5.41, 5.74) is 0.411. The summed E-state index contributed by atoms with van der Waals surface area (Å²) in [4.78, 5) is 0. The van der Waals surface area contributed by atoms with E-state index in [2.05, 4.69) is 5.10 Å². The molecular weight excluding hydrogens is 223 g/mol. The number of hydrogen-bond acceptors (Lipinski definition) is 3. The minimum Gasteiger partial charge on any atom is -0.451 e. The number of halogens is 1. The molecule has 90 valence electrons. The minimum atomic E-state index is -0.499. The van der Waals surface area contributed by atoms with Gasteiger partial charge in [-0.25, -0.2) is 4.39 Å². The first-order valence-corrected chi connectivity index (χ1v) is 5.33. The van der Waals surface area contributed by atoms with Gasteiger partial charge in [-0.1, -0.05) is 12.1 Å². The second kappa shape index (κ2) is 4.97. The highest BCUT2D eigenvalue weighted by molar-refractivity contribution is 5.37. The number of ether oxygens (including phenoxy) is 1. The van der Waals surface area contributed by atoms with Crippen LogP contribution in [0.1, 0.15) is 12.5 Å². The Bertz CT molecular complexity index is 511. The lowest BCUT2D eigenvalue weighted by Gasteiger charge is -2.08. The van der Waals surface area contributed by atoms with Crippen LogP contribution in [0.15, 0.2) is 30.6 Å². The lowest BCUT2D eigenvalue weighted by molar-refractivity contribution is 0.274. The van der Waals surface area contributed by atoms with Crippen LogP contribution in [0.4, 0.5) is 4.39 Å². The number of aliphatic hydroxyl groups is 1. The summed E-state index contributed by atoms with van der Waals surface area (Å²) in [7, 11) is 0. The maximum atomic E-state index is 13.5. The number of hydrogen-bond donors (Lipinski definition) is 1. The van der Waals surface area contributed by atoms with Crippen LogP contribution >= 0.6 is 0 Å². The molecule has 1 N–H and O–H groups in total. The molecule has 0 saturated carbocycles. The molecule has 0 bridgehead atoms. The summed E-state index contributed by atoms with van der Waals surface area (Å²) in [5.74, 6) is -0.00176. The molecule has 1 aromatic heterocycles. The van der Waals surface area contributed by atoms with Gasteiger partial charge in [-0.3, -0.25) is 4.68 Å². The van der Waals surface area contributed by atoms with E-state index in [9.17, 15) is 4.39 Å². The largest absolute Gasteiger partial charge is 0.451 e. The molecule has 0 saturated heterocycles. The standard InChI is InChI=1S/C12H13FN2O2/c1-2-15-7-10(6-14-15)17-12-9(8-16)4-3-5-11(12)13/h3-7,16H,2,8H2,1H3. The molecule has 5 heteroatoms. The maximum absolute atomic E-state index is 13.5. The summed E-state index contributed by atoms with van der Waals surface area (Å²) in [6.45, 7) is 2.39. The Morgan fingerprint density at radius 3 is 2.94 bits per heavy atom. The molecule has 0 unspecified atom stereocenters. The van der Waals surface area contributed by atoms with Gasteiger partial charge in [0.1, 0.15) is 0 Å². The number of aliphatic hydroxyl groups excluding tert-OH is 1. The van der Waals surface area contributed by atoms with Crippen LogP contribution in [0.5, 0.6) is 11.5 Å². The fourth-order valence-corrected chi connectivity index (χ4v) is 1.48. The molecule has 0 spiro atoms. The van der Waals surface area contributed by atoms with Gasteiger partial charge in [0, 0.05) is 12.1 Å². The Morgan fingerprint density at radius 2 is 2.29 bits per heavy atom. The van der Waals surface area contributed by atoms with Crippen LogP contribution in [-0.2, 0) is 13.2 Å². The molecule has 0 fully saturated rings. The van der Waals surface area contributed by atoms with E-state index in [1.165, 1.54) is 18.3 Å². The van der Waals surface area contributed by atoms with Crippen LogP contribution in [0.3, 0.4) is 0 Å². The van der Waals surface area contributed by atoms with Crippen molar-refractivity contribution in [2.75, 3.05) is 0 Å². The van der Waals surface area contributed by atoms with Crippen molar-refractivity contribution in [2.45, 2.75) is 20.1 Å². The molecule has 0 radical (unpaired) electrons. The van der Waals surface area contributed by atoms with Gasteiger partial charge in [-0.05, 0) is 13.0 Å². The van der Waals surface area contributed by atoms with Gasteiger partial charge in [0.25, 0.3) is 0 Å². The van der Waals surface area contributed by atoms with Crippen molar-refractivity contribution in [2.24, 2.45) is 0 Å². The van der Waals surface area contributed by atoms with Crippen molar-refractivity contribution in [3.05, 3.63) is 42.0 Å². The van der Waals surface area contributed by atoms with Gasteiger partial charge in [-0.15, -0.1) is 0 Å². The van der Waals surface area contributed by atoms with Crippen LogP contribution in [-0.4, -0.2) is 14.9 Å². The third kappa shape index (κ3) is 2.45. The van der Waals surface area contributed by atoms with E-state index in [4.69, 9.17) is 9.84 Å². The van der Waals surface area contributed by atoms with Crippen LogP contribution < -0.4 is 4.74 Å². The van der Waals surface area contributed by atoms with Gasteiger partial charge in [0.05, 0.1) is 19.0 Å². The average molecular weight is 236 g/mol. The van der Waals surface area contributed by atoms with Crippen molar-refractivity contribution in [3.63, 3.8) is 0 Å². The summed E-state index contributed by atoms with van der Waals surface area (Å²) in [6.07, 6.45) is 3.19. The highest BCUT2D eigenvalue weighted by Crippen LogP contribution is 2.28. The Balaban J connectivity index is 2.28. The van der Waals surface area contributed by atoms with Gasteiger partial charge in [0.2, 0.25) is 0 Å². The Kier molecular flexibility index (Phi) is 3.39. The Morgan fingerprint density at radius 1 is 1.47 bits per heavy atom. The molecule has 1 heterocycles. The van der Waals surface area contributed by atoms with E-state index < -0.39 is 5.82 Å². The first-order valence-electron chi connectivity index (χ1n) is 5.33. The second-order valence-corrected chi connectivity index (χ2v) is 3.52. The van der Waals surface area contributed by atoms with Crippen LogP contribution in [0.2, 0.25) is 0 Å². The van der Waals surface area contributed by atoms with Gasteiger partial charge < -0.3 is 9.84 Å². The number of rotatable bonds is 4. The summed E-state index contributed by atoms with van der Waals surface area (Å²) >= 11 is 0. The lowest BCUT2D eigenvalue weighted by Crippen LogP contribution is -1.95. The fourth-order valence-electron chi connectivity index (χ4n) is 1.48. The summed E-state index contributed by atoms with van der Waals surface area (Å²) in [6, 6.07) is 4.44. The molecule has 0 aliphatic rings. The first-order chi connectivity index (χ1) is 8.24. The van der Waals surface area contributed by atoms with Crippen molar-refractivity contribution in [1.29, 1.82) is 0 Å². The highest BCUT2D eigenvalue weighted by atomic mass is 19.1. The summed E-state index contributed by atoms with van der Waals surface area (Å²) < 4.78 is 20.6. The lowest BCUT2D eigenvalue weighted by atomic mass is 10.2. The van der Waals surface area contributed by atoms with E-state index >= 15 is 0 Å². The number of benzene rings is 1. The molecule has 0 amide bonds. The average Bonchev–Trinajstić information content (AvgIpc) is 2.79. The van der Waals surface area contributed by atoms with Crippen molar-refractivity contribution in [3.8, 4) is 11.5 Å².